The molecule has 2 N–H and O–H groups in total. The van der Waals surface area contributed by atoms with Crippen LogP contribution in [0.3, 0.4) is 0 Å². The Labute approximate surface area is 149 Å². The number of likely N-dealkylation sites (tertiary alicyclic amines) is 1. The number of piperidine rings is 1. The molecule has 1 aliphatic heterocycles. The number of hydrogen-bond donors (Lipinski definition) is 2. The van der Waals surface area contributed by atoms with Crippen molar-refractivity contribution in [1.82, 2.24) is 25.1 Å². The summed E-state index contributed by atoms with van der Waals surface area (Å²) in [6.07, 6.45) is 5.81. The maximum Gasteiger partial charge on any atom is 0.275 e. The van der Waals surface area contributed by atoms with Crippen LogP contribution in [0.4, 0.5) is 4.39 Å². The summed E-state index contributed by atoms with van der Waals surface area (Å²) < 4.78 is 13.5. The highest BCUT2D eigenvalue weighted by Crippen LogP contribution is 2.33. The number of carbonyl (C=O) groups excluding carboxylic acids is 1. The molecule has 0 spiro atoms. The Balaban J connectivity index is 1.50. The van der Waals surface area contributed by atoms with E-state index in [4.69, 9.17) is 0 Å². The molecule has 7 heteroatoms. The first kappa shape index (κ1) is 15.5. The number of carbonyl (C=O) groups is 1. The minimum atomic E-state index is -0.295. The van der Waals surface area contributed by atoms with Gasteiger partial charge in [-0.05, 0) is 56.7 Å². The van der Waals surface area contributed by atoms with Crippen LogP contribution in [-0.4, -0.2) is 37.5 Å². The highest BCUT2D eigenvalue weighted by Gasteiger charge is 2.34. The zero-order chi connectivity index (χ0) is 17.7. The molecule has 3 aromatic rings. The number of rotatable bonds is 2. The number of aryl methyl sites for hydroxylation is 1. The molecule has 1 saturated heterocycles. The fourth-order valence-electron chi connectivity index (χ4n) is 4.25. The lowest BCUT2D eigenvalue weighted by atomic mass is 10.0. The van der Waals surface area contributed by atoms with Crippen molar-refractivity contribution in [3.05, 3.63) is 46.8 Å². The van der Waals surface area contributed by atoms with Gasteiger partial charge in [0, 0.05) is 17.8 Å². The van der Waals surface area contributed by atoms with Crippen molar-refractivity contribution in [2.45, 2.75) is 44.6 Å². The molecule has 5 rings (SSSR count). The summed E-state index contributed by atoms with van der Waals surface area (Å²) in [5.41, 5.74) is 4.12. The number of hydrogen-bond acceptors (Lipinski definition) is 3. The second-order valence-electron chi connectivity index (χ2n) is 7.18. The normalized spacial score (nSPS) is 19.9. The summed E-state index contributed by atoms with van der Waals surface area (Å²) in [6.45, 7) is 0.691. The van der Waals surface area contributed by atoms with Crippen molar-refractivity contribution in [2.75, 3.05) is 6.54 Å². The SMILES string of the molecule is O=C(c1n[nH]c2c1CCC2)N1CCCC[C@H]1c1nc2ccc(F)cc2[nH]1. The molecule has 6 nitrogen and oxygen atoms in total. The van der Waals surface area contributed by atoms with Gasteiger partial charge in [0.15, 0.2) is 5.69 Å². The van der Waals surface area contributed by atoms with E-state index >= 15 is 0 Å². The van der Waals surface area contributed by atoms with Gasteiger partial charge in [-0.2, -0.15) is 5.10 Å². The molecule has 1 aliphatic carbocycles. The standard InChI is InChI=1S/C19H20FN5O/c20-11-7-8-14-15(10-11)22-18(21-14)16-6-1-2-9-25(16)19(26)17-12-4-3-5-13(12)23-24-17/h7-8,10,16H,1-6,9H2,(H,21,22)(H,23,24)/t16-/m0/s1. The number of amides is 1. The zero-order valence-corrected chi connectivity index (χ0v) is 14.4. The van der Waals surface area contributed by atoms with Gasteiger partial charge >= 0.3 is 0 Å². The quantitative estimate of drug-likeness (QED) is 0.742. The fourth-order valence-corrected chi connectivity index (χ4v) is 4.25. The summed E-state index contributed by atoms with van der Waals surface area (Å²) >= 11 is 0. The van der Waals surface area contributed by atoms with Gasteiger partial charge in [0.25, 0.3) is 5.91 Å². The molecule has 0 radical (unpaired) electrons. The first-order valence-corrected chi connectivity index (χ1v) is 9.23. The Bertz CT molecular complexity index is 991. The van der Waals surface area contributed by atoms with Crippen LogP contribution in [0.1, 0.15) is 59.3 Å². The number of nitrogens with zero attached hydrogens (tertiary/aromatic N) is 3. The topological polar surface area (TPSA) is 77.7 Å². The first-order chi connectivity index (χ1) is 12.7. The smallest absolute Gasteiger partial charge is 0.275 e. The van der Waals surface area contributed by atoms with Gasteiger partial charge in [0.05, 0.1) is 17.1 Å². The van der Waals surface area contributed by atoms with Gasteiger partial charge in [-0.15, -0.1) is 0 Å². The van der Waals surface area contributed by atoms with Crippen LogP contribution in [-0.2, 0) is 12.8 Å². The summed E-state index contributed by atoms with van der Waals surface area (Å²) in [7, 11) is 0. The summed E-state index contributed by atoms with van der Waals surface area (Å²) in [4.78, 5) is 22.9. The average Bonchev–Trinajstić information content (AvgIpc) is 3.35. The Morgan fingerprint density at radius 2 is 2.15 bits per heavy atom. The molecule has 1 aromatic carbocycles. The van der Waals surface area contributed by atoms with Crippen molar-refractivity contribution in [3.63, 3.8) is 0 Å². The van der Waals surface area contributed by atoms with E-state index in [0.717, 1.165) is 61.1 Å². The third-order valence-corrected chi connectivity index (χ3v) is 5.55. The number of halogens is 1. The van der Waals surface area contributed by atoms with Crippen LogP contribution in [0.2, 0.25) is 0 Å². The Kier molecular flexibility index (Phi) is 3.55. The fraction of sp³-hybridized carbons (Fsp3) is 0.421. The van der Waals surface area contributed by atoms with Crippen LogP contribution in [0.5, 0.6) is 0 Å². The van der Waals surface area contributed by atoms with E-state index < -0.39 is 0 Å². The van der Waals surface area contributed by atoms with E-state index in [1.54, 1.807) is 6.07 Å². The highest BCUT2D eigenvalue weighted by molar-refractivity contribution is 5.94. The zero-order valence-electron chi connectivity index (χ0n) is 14.4. The van der Waals surface area contributed by atoms with Gasteiger partial charge in [0.1, 0.15) is 11.6 Å². The number of nitrogens with one attached hydrogen (secondary N) is 2. The van der Waals surface area contributed by atoms with E-state index in [1.807, 2.05) is 4.90 Å². The van der Waals surface area contributed by atoms with E-state index in [1.165, 1.54) is 12.1 Å². The summed E-state index contributed by atoms with van der Waals surface area (Å²) in [5, 5.41) is 7.32. The van der Waals surface area contributed by atoms with Crippen molar-refractivity contribution >= 4 is 16.9 Å². The Hall–Kier alpha value is -2.70. The predicted molar refractivity (Wildman–Crippen MR) is 94.3 cm³/mol. The predicted octanol–water partition coefficient (Wildman–Crippen LogP) is 3.28. The van der Waals surface area contributed by atoms with Crippen LogP contribution < -0.4 is 0 Å². The second kappa shape index (κ2) is 5.93. The molecule has 2 aromatic heterocycles. The monoisotopic (exact) mass is 353 g/mol. The Morgan fingerprint density at radius 1 is 1.23 bits per heavy atom. The van der Waals surface area contributed by atoms with Crippen molar-refractivity contribution in [3.8, 4) is 0 Å². The molecule has 0 unspecified atom stereocenters. The van der Waals surface area contributed by atoms with E-state index in [2.05, 4.69) is 20.2 Å². The number of benzene rings is 1. The minimum Gasteiger partial charge on any atom is -0.340 e. The summed E-state index contributed by atoms with van der Waals surface area (Å²) in [6, 6.07) is 4.39. The number of H-pyrrole nitrogens is 2. The van der Waals surface area contributed by atoms with Gasteiger partial charge in [-0.1, -0.05) is 0 Å². The van der Waals surface area contributed by atoms with Gasteiger partial charge < -0.3 is 9.88 Å². The van der Waals surface area contributed by atoms with Crippen molar-refractivity contribution in [2.24, 2.45) is 0 Å². The molecule has 1 amide bonds. The molecular formula is C19H20FN5O. The lowest BCUT2D eigenvalue weighted by Gasteiger charge is -2.34. The van der Waals surface area contributed by atoms with Crippen molar-refractivity contribution in [1.29, 1.82) is 0 Å². The number of aromatic nitrogens is 4. The van der Waals surface area contributed by atoms with Gasteiger partial charge in [-0.3, -0.25) is 9.89 Å². The molecule has 0 bridgehead atoms. The van der Waals surface area contributed by atoms with Crippen molar-refractivity contribution < 1.29 is 9.18 Å². The van der Waals surface area contributed by atoms with E-state index in [9.17, 15) is 9.18 Å². The molecule has 3 heterocycles. The molecule has 0 saturated carbocycles. The summed E-state index contributed by atoms with van der Waals surface area (Å²) in [5.74, 6) is 0.405. The minimum absolute atomic E-state index is 0.0271. The molecule has 1 fully saturated rings. The van der Waals surface area contributed by atoms with E-state index in [-0.39, 0.29) is 17.8 Å². The molecule has 2 aliphatic rings. The van der Waals surface area contributed by atoms with Crippen LogP contribution in [0.25, 0.3) is 11.0 Å². The van der Waals surface area contributed by atoms with Crippen LogP contribution in [0.15, 0.2) is 18.2 Å². The Morgan fingerprint density at radius 3 is 3.08 bits per heavy atom. The first-order valence-electron chi connectivity index (χ1n) is 9.23. The highest BCUT2D eigenvalue weighted by atomic mass is 19.1. The second-order valence-corrected chi connectivity index (χ2v) is 7.18. The lowest BCUT2D eigenvalue weighted by Crippen LogP contribution is -2.39. The lowest BCUT2D eigenvalue weighted by molar-refractivity contribution is 0.0594. The van der Waals surface area contributed by atoms with Gasteiger partial charge in [0.2, 0.25) is 0 Å². The largest absolute Gasteiger partial charge is 0.340 e. The number of aromatic amines is 2. The maximum atomic E-state index is 13.5. The van der Waals surface area contributed by atoms with Gasteiger partial charge in [-0.25, -0.2) is 9.37 Å². The third-order valence-electron chi connectivity index (χ3n) is 5.55. The third kappa shape index (κ3) is 2.41. The maximum absolute atomic E-state index is 13.5. The van der Waals surface area contributed by atoms with Crippen LogP contribution in [0, 0.1) is 5.82 Å². The molecule has 1 atom stereocenters. The molecule has 26 heavy (non-hydrogen) atoms. The molecular weight excluding hydrogens is 333 g/mol. The van der Waals surface area contributed by atoms with Crippen LogP contribution >= 0.6 is 0 Å². The molecule has 134 valence electrons. The number of fused-ring (bicyclic) bond motifs is 2. The number of imidazole rings is 1. The van der Waals surface area contributed by atoms with E-state index in [0.29, 0.717) is 17.8 Å². The average molecular weight is 353 g/mol.